The van der Waals surface area contributed by atoms with Crippen LogP contribution in [0.25, 0.3) is 0 Å². The molecular formula is C12H17N5O3. The molecule has 8 heteroatoms. The molecule has 1 aromatic rings. The zero-order chi connectivity index (χ0) is 14.5. The average molecular weight is 279 g/mol. The van der Waals surface area contributed by atoms with Crippen LogP contribution in [0.3, 0.4) is 0 Å². The largest absolute Gasteiger partial charge is 0.368 e. The number of hydrogen-bond acceptors (Lipinski definition) is 4. The van der Waals surface area contributed by atoms with Crippen molar-refractivity contribution in [1.82, 2.24) is 20.2 Å². The molecule has 2 atom stereocenters. The Kier molecular flexibility index (Phi) is 4.34. The minimum atomic E-state index is -0.729. The van der Waals surface area contributed by atoms with Crippen molar-refractivity contribution in [3.63, 3.8) is 0 Å². The number of rotatable bonds is 6. The number of nitrogens with zero attached hydrogens (tertiary/aromatic N) is 2. The second-order valence-electron chi connectivity index (χ2n) is 4.71. The number of likely N-dealkylation sites (tertiary alicyclic amines) is 1. The zero-order valence-corrected chi connectivity index (χ0v) is 10.9. The van der Waals surface area contributed by atoms with E-state index in [-0.39, 0.29) is 5.91 Å². The highest BCUT2D eigenvalue weighted by molar-refractivity contribution is 5.90. The van der Waals surface area contributed by atoms with E-state index in [2.05, 4.69) is 15.3 Å². The summed E-state index contributed by atoms with van der Waals surface area (Å²) in [4.78, 5) is 42.6. The van der Waals surface area contributed by atoms with Crippen molar-refractivity contribution in [1.29, 1.82) is 0 Å². The number of nitrogens with one attached hydrogen (secondary N) is 2. The number of primary amides is 1. The van der Waals surface area contributed by atoms with E-state index in [1.807, 2.05) is 0 Å². The van der Waals surface area contributed by atoms with Gasteiger partial charge in [0, 0.05) is 24.9 Å². The van der Waals surface area contributed by atoms with Crippen molar-refractivity contribution < 1.29 is 14.4 Å². The van der Waals surface area contributed by atoms with Crippen LogP contribution in [-0.2, 0) is 20.8 Å². The molecule has 1 fully saturated rings. The molecule has 0 bridgehead atoms. The van der Waals surface area contributed by atoms with Gasteiger partial charge in [-0.25, -0.2) is 4.98 Å². The lowest BCUT2D eigenvalue weighted by Gasteiger charge is -2.26. The predicted molar refractivity (Wildman–Crippen MR) is 69.2 cm³/mol. The minimum absolute atomic E-state index is 0.291. The van der Waals surface area contributed by atoms with Crippen LogP contribution >= 0.6 is 0 Å². The zero-order valence-electron chi connectivity index (χ0n) is 10.9. The summed E-state index contributed by atoms with van der Waals surface area (Å²) in [6, 6.07) is -1.31. The summed E-state index contributed by atoms with van der Waals surface area (Å²) in [5, 5.41) is 2.49. The van der Waals surface area contributed by atoms with Gasteiger partial charge in [-0.15, -0.1) is 0 Å². The smallest absolute Gasteiger partial charge is 0.246 e. The SMILES string of the molecule is NC(=O)[C@H]1CCCN1C(=O)[C@@H](Cc1cnc[nH]1)NC=O. The Morgan fingerprint density at radius 3 is 3.05 bits per heavy atom. The van der Waals surface area contributed by atoms with E-state index >= 15 is 0 Å². The maximum atomic E-state index is 12.4. The minimum Gasteiger partial charge on any atom is -0.368 e. The second-order valence-corrected chi connectivity index (χ2v) is 4.71. The maximum absolute atomic E-state index is 12.4. The van der Waals surface area contributed by atoms with E-state index in [0.717, 1.165) is 12.1 Å². The topological polar surface area (TPSA) is 121 Å². The van der Waals surface area contributed by atoms with Gasteiger partial charge in [0.05, 0.1) is 6.33 Å². The molecule has 0 unspecified atom stereocenters. The van der Waals surface area contributed by atoms with Crippen molar-refractivity contribution in [3.8, 4) is 0 Å². The highest BCUT2D eigenvalue weighted by Crippen LogP contribution is 2.18. The maximum Gasteiger partial charge on any atom is 0.246 e. The van der Waals surface area contributed by atoms with E-state index in [4.69, 9.17) is 5.73 Å². The Morgan fingerprint density at radius 2 is 2.45 bits per heavy atom. The first-order chi connectivity index (χ1) is 9.63. The summed E-state index contributed by atoms with van der Waals surface area (Å²) in [5.41, 5.74) is 6.03. The van der Waals surface area contributed by atoms with Crippen molar-refractivity contribution in [2.24, 2.45) is 5.73 Å². The molecule has 0 aliphatic carbocycles. The summed E-state index contributed by atoms with van der Waals surface area (Å²) < 4.78 is 0. The van der Waals surface area contributed by atoms with E-state index in [1.165, 1.54) is 11.2 Å². The molecule has 1 saturated heterocycles. The summed E-state index contributed by atoms with van der Waals surface area (Å²) in [6.45, 7) is 0.479. The fourth-order valence-corrected chi connectivity index (χ4v) is 2.44. The van der Waals surface area contributed by atoms with Gasteiger partial charge in [-0.1, -0.05) is 0 Å². The lowest BCUT2D eigenvalue weighted by molar-refractivity contribution is -0.139. The number of carbonyl (C=O) groups excluding carboxylic acids is 3. The Morgan fingerprint density at radius 1 is 1.65 bits per heavy atom. The highest BCUT2D eigenvalue weighted by Gasteiger charge is 2.36. The molecule has 1 aliphatic heterocycles. The predicted octanol–water partition coefficient (Wildman–Crippen LogP) is -1.46. The van der Waals surface area contributed by atoms with Crippen LogP contribution in [0.4, 0.5) is 0 Å². The molecule has 108 valence electrons. The molecule has 1 aromatic heterocycles. The summed E-state index contributed by atoms with van der Waals surface area (Å²) in [6.07, 6.45) is 5.16. The van der Waals surface area contributed by atoms with Gasteiger partial charge in [0.2, 0.25) is 18.2 Å². The van der Waals surface area contributed by atoms with Crippen LogP contribution in [0.2, 0.25) is 0 Å². The number of H-pyrrole nitrogens is 1. The van der Waals surface area contributed by atoms with E-state index in [9.17, 15) is 14.4 Å². The Bertz CT molecular complexity index is 487. The van der Waals surface area contributed by atoms with Crippen LogP contribution in [0.1, 0.15) is 18.5 Å². The normalized spacial score (nSPS) is 19.6. The third kappa shape index (κ3) is 2.95. The van der Waals surface area contributed by atoms with Gasteiger partial charge in [-0.3, -0.25) is 14.4 Å². The standard InChI is InChI=1S/C12H17N5O3/c13-11(19)10-2-1-3-17(10)12(20)9(16-7-18)4-8-5-14-6-15-8/h5-7,9-10H,1-4H2,(H2,13,19)(H,14,15)(H,16,18)/t9-,10-/m1/s1. The van der Waals surface area contributed by atoms with E-state index < -0.39 is 18.0 Å². The summed E-state index contributed by atoms with van der Waals surface area (Å²) in [5.74, 6) is -0.810. The molecule has 1 aliphatic rings. The first-order valence-corrected chi connectivity index (χ1v) is 6.40. The van der Waals surface area contributed by atoms with Gasteiger partial charge in [-0.2, -0.15) is 0 Å². The van der Waals surface area contributed by atoms with Crippen molar-refractivity contribution >= 4 is 18.2 Å². The second kappa shape index (κ2) is 6.18. The van der Waals surface area contributed by atoms with Crippen LogP contribution in [0, 0.1) is 0 Å². The Hall–Kier alpha value is -2.38. The first-order valence-electron chi connectivity index (χ1n) is 6.40. The third-order valence-corrected chi connectivity index (χ3v) is 3.41. The molecule has 0 aromatic carbocycles. The monoisotopic (exact) mass is 279 g/mol. The summed E-state index contributed by atoms with van der Waals surface area (Å²) in [7, 11) is 0. The quantitative estimate of drug-likeness (QED) is 0.551. The molecule has 8 nitrogen and oxygen atoms in total. The van der Waals surface area contributed by atoms with Crippen LogP contribution in [0.5, 0.6) is 0 Å². The third-order valence-electron chi connectivity index (χ3n) is 3.41. The number of imidazole rings is 1. The van der Waals surface area contributed by atoms with Crippen molar-refractivity contribution in [2.45, 2.75) is 31.3 Å². The molecule has 20 heavy (non-hydrogen) atoms. The molecular weight excluding hydrogens is 262 g/mol. The van der Waals surface area contributed by atoms with Gasteiger partial charge >= 0.3 is 0 Å². The summed E-state index contributed by atoms with van der Waals surface area (Å²) >= 11 is 0. The number of nitrogens with two attached hydrogens (primary N) is 1. The number of amides is 3. The molecule has 3 amide bonds. The lowest BCUT2D eigenvalue weighted by atomic mass is 10.1. The van der Waals surface area contributed by atoms with Gasteiger partial charge in [0.25, 0.3) is 0 Å². The molecule has 0 radical (unpaired) electrons. The van der Waals surface area contributed by atoms with E-state index in [1.54, 1.807) is 6.20 Å². The molecule has 0 spiro atoms. The fraction of sp³-hybridized carbons (Fsp3) is 0.500. The van der Waals surface area contributed by atoms with Crippen LogP contribution < -0.4 is 11.1 Å². The number of hydrogen-bond donors (Lipinski definition) is 3. The molecule has 2 rings (SSSR count). The fourth-order valence-electron chi connectivity index (χ4n) is 2.44. The molecule has 4 N–H and O–H groups in total. The van der Waals surface area contributed by atoms with E-state index in [0.29, 0.717) is 25.8 Å². The lowest BCUT2D eigenvalue weighted by Crippen LogP contribution is -2.52. The van der Waals surface area contributed by atoms with Crippen molar-refractivity contribution in [2.75, 3.05) is 6.54 Å². The Balaban J connectivity index is 2.09. The Labute approximate surface area is 115 Å². The average Bonchev–Trinajstić information content (AvgIpc) is 3.08. The number of aromatic nitrogens is 2. The molecule has 0 saturated carbocycles. The highest BCUT2D eigenvalue weighted by atomic mass is 16.2. The van der Waals surface area contributed by atoms with Crippen LogP contribution in [0.15, 0.2) is 12.5 Å². The molecule has 2 heterocycles. The van der Waals surface area contributed by atoms with Gasteiger partial charge in [-0.05, 0) is 12.8 Å². The van der Waals surface area contributed by atoms with Gasteiger partial charge in [0.15, 0.2) is 0 Å². The first kappa shape index (κ1) is 14.0. The number of carbonyl (C=O) groups is 3. The van der Waals surface area contributed by atoms with Gasteiger partial charge < -0.3 is 20.9 Å². The van der Waals surface area contributed by atoms with Crippen molar-refractivity contribution in [3.05, 3.63) is 18.2 Å². The number of aromatic amines is 1. The van der Waals surface area contributed by atoms with Gasteiger partial charge in [0.1, 0.15) is 12.1 Å². The van der Waals surface area contributed by atoms with Crippen LogP contribution in [-0.4, -0.2) is 51.7 Å².